The van der Waals surface area contributed by atoms with E-state index in [1.165, 1.54) is 17.7 Å². The second kappa shape index (κ2) is 7.27. The molecule has 0 radical (unpaired) electrons. The Labute approximate surface area is 148 Å². The lowest BCUT2D eigenvalue weighted by molar-refractivity contribution is 0.620. The monoisotopic (exact) mass is 338 g/mol. The Hall–Kier alpha value is -2.34. The molecule has 132 valence electrons. The number of rotatable bonds is 4. The Balaban J connectivity index is 1.41. The number of hydrogen-bond acceptors (Lipinski definition) is 6. The Morgan fingerprint density at radius 3 is 2.88 bits per heavy atom. The molecule has 25 heavy (non-hydrogen) atoms. The summed E-state index contributed by atoms with van der Waals surface area (Å²) in [6.07, 6.45) is 3.08. The van der Waals surface area contributed by atoms with Crippen LogP contribution in [0.25, 0.3) is 0 Å². The van der Waals surface area contributed by atoms with Crippen molar-refractivity contribution in [2.75, 3.05) is 48.7 Å². The first-order valence-electron chi connectivity index (χ1n) is 9.19. The maximum Gasteiger partial charge on any atom is 0.222 e. The zero-order valence-electron chi connectivity index (χ0n) is 14.5. The van der Waals surface area contributed by atoms with Gasteiger partial charge in [0.15, 0.2) is 0 Å². The molecule has 1 atom stereocenters. The maximum atomic E-state index is 5.92. The number of para-hydroxylation sites is 1. The van der Waals surface area contributed by atoms with E-state index in [1.54, 1.807) is 0 Å². The van der Waals surface area contributed by atoms with E-state index < -0.39 is 0 Å². The molecule has 0 amide bonds. The van der Waals surface area contributed by atoms with Gasteiger partial charge in [-0.05, 0) is 37.4 Å². The highest BCUT2D eigenvalue weighted by molar-refractivity contribution is 5.51. The van der Waals surface area contributed by atoms with Crippen molar-refractivity contribution < 1.29 is 0 Å². The van der Waals surface area contributed by atoms with E-state index in [-0.39, 0.29) is 0 Å². The molecule has 0 aliphatic carbocycles. The zero-order chi connectivity index (χ0) is 17.1. The van der Waals surface area contributed by atoms with E-state index in [9.17, 15) is 0 Å². The fourth-order valence-electron chi connectivity index (χ4n) is 3.82. The number of hydrogen-bond donors (Lipinski definition) is 3. The predicted octanol–water partition coefficient (Wildman–Crippen LogP) is 1.69. The van der Waals surface area contributed by atoms with Crippen molar-refractivity contribution in [1.29, 1.82) is 0 Å². The van der Waals surface area contributed by atoms with Gasteiger partial charge in [-0.15, -0.1) is 0 Å². The maximum absolute atomic E-state index is 5.92. The standard InChI is InChI=1S/C19H26N6/c20-19-23-17-7-10-21-9-6-16(17)18(24-19)22-12-14-8-11-25(13-14)15-4-2-1-3-5-15/h1-5,14,21H,6-13H2,(H3,20,22,23,24). The van der Waals surface area contributed by atoms with Crippen LogP contribution in [0.1, 0.15) is 17.7 Å². The number of benzene rings is 1. The summed E-state index contributed by atoms with van der Waals surface area (Å²) in [5.74, 6) is 1.93. The van der Waals surface area contributed by atoms with Gasteiger partial charge in [-0.1, -0.05) is 18.2 Å². The van der Waals surface area contributed by atoms with Gasteiger partial charge in [-0.2, -0.15) is 4.98 Å². The van der Waals surface area contributed by atoms with Gasteiger partial charge in [0.05, 0.1) is 5.69 Å². The molecule has 6 heteroatoms. The fourth-order valence-corrected chi connectivity index (χ4v) is 3.82. The van der Waals surface area contributed by atoms with Crippen molar-refractivity contribution in [1.82, 2.24) is 15.3 Å². The molecule has 2 aliphatic rings. The van der Waals surface area contributed by atoms with Gasteiger partial charge >= 0.3 is 0 Å². The lowest BCUT2D eigenvalue weighted by Crippen LogP contribution is -2.23. The second-order valence-corrected chi connectivity index (χ2v) is 6.92. The van der Waals surface area contributed by atoms with E-state index in [2.05, 4.69) is 55.8 Å². The molecule has 1 aromatic heterocycles. The van der Waals surface area contributed by atoms with Crippen LogP contribution < -0.4 is 21.3 Å². The van der Waals surface area contributed by atoms with Crippen LogP contribution in [-0.2, 0) is 12.8 Å². The Bertz CT molecular complexity index is 717. The highest BCUT2D eigenvalue weighted by Crippen LogP contribution is 2.25. The molecule has 1 aromatic carbocycles. The van der Waals surface area contributed by atoms with Crippen molar-refractivity contribution in [2.24, 2.45) is 5.92 Å². The highest BCUT2D eigenvalue weighted by atomic mass is 15.2. The van der Waals surface area contributed by atoms with Gasteiger partial charge < -0.3 is 21.3 Å². The van der Waals surface area contributed by atoms with Gasteiger partial charge in [0.1, 0.15) is 5.82 Å². The lowest BCUT2D eigenvalue weighted by atomic mass is 10.1. The number of fused-ring (bicyclic) bond motifs is 1. The molecule has 3 heterocycles. The van der Waals surface area contributed by atoms with Crippen LogP contribution >= 0.6 is 0 Å². The van der Waals surface area contributed by atoms with Crippen molar-refractivity contribution in [3.05, 3.63) is 41.6 Å². The molecular formula is C19H26N6. The van der Waals surface area contributed by atoms with E-state index >= 15 is 0 Å². The van der Waals surface area contributed by atoms with Gasteiger partial charge in [0.25, 0.3) is 0 Å². The summed E-state index contributed by atoms with van der Waals surface area (Å²) in [6.45, 7) is 5.06. The fraction of sp³-hybridized carbons (Fsp3) is 0.474. The summed E-state index contributed by atoms with van der Waals surface area (Å²) >= 11 is 0. The highest BCUT2D eigenvalue weighted by Gasteiger charge is 2.23. The number of nitrogen functional groups attached to an aromatic ring is 1. The number of aromatic nitrogens is 2. The molecule has 1 saturated heterocycles. The molecule has 0 bridgehead atoms. The zero-order valence-corrected chi connectivity index (χ0v) is 14.5. The average Bonchev–Trinajstić information content (AvgIpc) is 2.98. The Morgan fingerprint density at radius 1 is 1.16 bits per heavy atom. The predicted molar refractivity (Wildman–Crippen MR) is 102 cm³/mol. The number of nitrogens with two attached hydrogens (primary N) is 1. The first-order chi connectivity index (χ1) is 12.3. The number of nitrogens with one attached hydrogen (secondary N) is 2. The van der Waals surface area contributed by atoms with Crippen LogP contribution in [0.15, 0.2) is 30.3 Å². The summed E-state index contributed by atoms with van der Waals surface area (Å²) in [6, 6.07) is 10.7. The van der Waals surface area contributed by atoms with E-state index in [0.717, 1.165) is 57.1 Å². The molecule has 0 saturated carbocycles. The molecule has 4 N–H and O–H groups in total. The molecule has 6 nitrogen and oxygen atoms in total. The van der Waals surface area contributed by atoms with E-state index in [0.29, 0.717) is 11.9 Å². The first kappa shape index (κ1) is 16.1. The summed E-state index contributed by atoms with van der Waals surface area (Å²) in [4.78, 5) is 11.4. The average molecular weight is 338 g/mol. The van der Waals surface area contributed by atoms with E-state index in [4.69, 9.17) is 5.73 Å². The summed E-state index contributed by atoms with van der Waals surface area (Å²) in [5.41, 5.74) is 9.57. The molecule has 4 rings (SSSR count). The topological polar surface area (TPSA) is 79.1 Å². The minimum atomic E-state index is 0.375. The molecular weight excluding hydrogens is 312 g/mol. The van der Waals surface area contributed by atoms with E-state index in [1.807, 2.05) is 0 Å². The van der Waals surface area contributed by atoms with Crippen LogP contribution in [0.5, 0.6) is 0 Å². The number of nitrogens with zero attached hydrogens (tertiary/aromatic N) is 3. The second-order valence-electron chi connectivity index (χ2n) is 6.92. The van der Waals surface area contributed by atoms with Gasteiger partial charge in [-0.25, -0.2) is 4.98 Å². The van der Waals surface area contributed by atoms with Crippen LogP contribution in [-0.4, -0.2) is 42.7 Å². The minimum Gasteiger partial charge on any atom is -0.371 e. The third kappa shape index (κ3) is 3.69. The SMILES string of the molecule is Nc1nc2c(c(NCC3CCN(c4ccccc4)C3)n1)CCNCC2. The summed E-state index contributed by atoms with van der Waals surface area (Å²) in [5, 5.41) is 6.99. The van der Waals surface area contributed by atoms with Crippen LogP contribution in [0.3, 0.4) is 0 Å². The van der Waals surface area contributed by atoms with Crippen LogP contribution in [0.4, 0.5) is 17.5 Å². The largest absolute Gasteiger partial charge is 0.371 e. The third-order valence-corrected chi connectivity index (χ3v) is 5.17. The van der Waals surface area contributed by atoms with Crippen molar-refractivity contribution >= 4 is 17.5 Å². The van der Waals surface area contributed by atoms with Crippen LogP contribution in [0, 0.1) is 5.92 Å². The molecule has 2 aliphatic heterocycles. The van der Waals surface area contributed by atoms with Crippen molar-refractivity contribution in [3.63, 3.8) is 0 Å². The molecule has 1 unspecified atom stereocenters. The van der Waals surface area contributed by atoms with Gasteiger partial charge in [0.2, 0.25) is 5.95 Å². The molecule has 0 spiro atoms. The first-order valence-corrected chi connectivity index (χ1v) is 9.19. The van der Waals surface area contributed by atoms with Crippen molar-refractivity contribution in [3.8, 4) is 0 Å². The van der Waals surface area contributed by atoms with Crippen molar-refractivity contribution in [2.45, 2.75) is 19.3 Å². The Kier molecular flexibility index (Phi) is 4.70. The number of anilines is 3. The normalized spacial score (nSPS) is 20.2. The smallest absolute Gasteiger partial charge is 0.222 e. The minimum absolute atomic E-state index is 0.375. The molecule has 2 aromatic rings. The molecule has 1 fully saturated rings. The van der Waals surface area contributed by atoms with Gasteiger partial charge in [0, 0.05) is 43.9 Å². The summed E-state index contributed by atoms with van der Waals surface area (Å²) in [7, 11) is 0. The van der Waals surface area contributed by atoms with Gasteiger partial charge in [-0.3, -0.25) is 0 Å². The van der Waals surface area contributed by atoms with Crippen LogP contribution in [0.2, 0.25) is 0 Å². The summed E-state index contributed by atoms with van der Waals surface area (Å²) < 4.78 is 0. The third-order valence-electron chi connectivity index (χ3n) is 5.17. The quantitative estimate of drug-likeness (QED) is 0.787. The Morgan fingerprint density at radius 2 is 2.00 bits per heavy atom. The lowest BCUT2D eigenvalue weighted by Gasteiger charge is -2.19.